The predicted octanol–water partition coefficient (Wildman–Crippen LogP) is 1.85. The fourth-order valence-corrected chi connectivity index (χ4v) is 2.18. The first-order valence-electron chi connectivity index (χ1n) is 5.93. The Bertz CT molecular complexity index is 387. The van der Waals surface area contributed by atoms with E-state index in [1.165, 1.54) is 12.8 Å². The number of hydrogen-bond acceptors (Lipinski definition) is 2. The third-order valence-corrected chi connectivity index (χ3v) is 3.60. The fourth-order valence-electron chi connectivity index (χ4n) is 1.91. The maximum atomic E-state index is 11.8. The van der Waals surface area contributed by atoms with Gasteiger partial charge in [0.05, 0.1) is 6.42 Å². The number of rotatable bonds is 5. The topological polar surface area (TPSA) is 55.1 Å². The Morgan fingerprint density at radius 3 is 2.59 bits per heavy atom. The van der Waals surface area contributed by atoms with E-state index in [-0.39, 0.29) is 11.9 Å². The average molecular weight is 297 g/mol. The van der Waals surface area contributed by atoms with Crippen LogP contribution >= 0.6 is 15.9 Å². The molecule has 0 bridgehead atoms. The first-order valence-corrected chi connectivity index (χ1v) is 6.72. The first kappa shape index (κ1) is 12.6. The van der Waals surface area contributed by atoms with Gasteiger partial charge < -0.3 is 11.1 Å². The van der Waals surface area contributed by atoms with Gasteiger partial charge in [0.25, 0.3) is 0 Å². The standard InChI is InChI=1S/C13H17BrN2O/c14-11-5-1-9(2-6-11)7-13(17)16-12(8-15)10-3-4-10/h1-2,5-6,10,12H,3-4,7-8,15H2,(H,16,17). The van der Waals surface area contributed by atoms with Crippen molar-refractivity contribution < 1.29 is 4.79 Å². The highest BCUT2D eigenvalue weighted by atomic mass is 79.9. The molecule has 1 aromatic rings. The number of carbonyl (C=O) groups excluding carboxylic acids is 1. The summed E-state index contributed by atoms with van der Waals surface area (Å²) in [6.45, 7) is 0.538. The maximum Gasteiger partial charge on any atom is 0.224 e. The van der Waals surface area contributed by atoms with Gasteiger partial charge in [-0.3, -0.25) is 4.79 Å². The van der Waals surface area contributed by atoms with Crippen molar-refractivity contribution >= 4 is 21.8 Å². The van der Waals surface area contributed by atoms with Gasteiger partial charge in [-0.2, -0.15) is 0 Å². The van der Waals surface area contributed by atoms with Crippen LogP contribution in [-0.2, 0) is 11.2 Å². The third-order valence-electron chi connectivity index (χ3n) is 3.07. The van der Waals surface area contributed by atoms with Crippen LogP contribution < -0.4 is 11.1 Å². The summed E-state index contributed by atoms with van der Waals surface area (Å²) in [5.41, 5.74) is 6.68. The summed E-state index contributed by atoms with van der Waals surface area (Å²) in [7, 11) is 0. The molecule has 1 fully saturated rings. The van der Waals surface area contributed by atoms with Gasteiger partial charge in [-0.15, -0.1) is 0 Å². The molecule has 0 aliphatic heterocycles. The number of benzene rings is 1. The number of amides is 1. The van der Waals surface area contributed by atoms with Crippen molar-refractivity contribution in [1.29, 1.82) is 0 Å². The molecule has 0 saturated heterocycles. The normalized spacial score (nSPS) is 16.6. The van der Waals surface area contributed by atoms with Crippen molar-refractivity contribution in [1.82, 2.24) is 5.32 Å². The minimum absolute atomic E-state index is 0.0645. The van der Waals surface area contributed by atoms with E-state index in [4.69, 9.17) is 5.73 Å². The van der Waals surface area contributed by atoms with Gasteiger partial charge in [-0.25, -0.2) is 0 Å². The largest absolute Gasteiger partial charge is 0.352 e. The molecule has 0 radical (unpaired) electrons. The molecule has 2 rings (SSSR count). The summed E-state index contributed by atoms with van der Waals surface area (Å²) in [4.78, 5) is 11.8. The van der Waals surface area contributed by atoms with Crippen molar-refractivity contribution in [3.63, 3.8) is 0 Å². The Morgan fingerprint density at radius 2 is 2.06 bits per heavy atom. The molecule has 92 valence electrons. The molecule has 1 aliphatic rings. The molecule has 1 atom stereocenters. The highest BCUT2D eigenvalue weighted by Gasteiger charge is 2.31. The van der Waals surface area contributed by atoms with Crippen molar-refractivity contribution in [2.45, 2.75) is 25.3 Å². The Labute approximate surface area is 110 Å². The van der Waals surface area contributed by atoms with E-state index in [2.05, 4.69) is 21.2 Å². The van der Waals surface area contributed by atoms with E-state index < -0.39 is 0 Å². The van der Waals surface area contributed by atoms with Crippen molar-refractivity contribution in [3.8, 4) is 0 Å². The summed E-state index contributed by atoms with van der Waals surface area (Å²) in [5, 5.41) is 3.02. The lowest BCUT2D eigenvalue weighted by atomic mass is 10.1. The van der Waals surface area contributed by atoms with E-state index in [0.717, 1.165) is 10.0 Å². The van der Waals surface area contributed by atoms with Gasteiger partial charge >= 0.3 is 0 Å². The van der Waals surface area contributed by atoms with Gasteiger partial charge in [-0.1, -0.05) is 28.1 Å². The Morgan fingerprint density at radius 1 is 1.41 bits per heavy atom. The molecule has 4 heteroatoms. The number of nitrogens with two attached hydrogens (primary N) is 1. The van der Waals surface area contributed by atoms with Crippen LogP contribution in [0, 0.1) is 5.92 Å². The maximum absolute atomic E-state index is 11.8. The first-order chi connectivity index (χ1) is 8.19. The highest BCUT2D eigenvalue weighted by molar-refractivity contribution is 9.10. The molecule has 3 N–H and O–H groups in total. The summed E-state index contributed by atoms with van der Waals surface area (Å²) >= 11 is 3.37. The molecule has 1 aliphatic carbocycles. The monoisotopic (exact) mass is 296 g/mol. The van der Waals surface area contributed by atoms with Crippen LogP contribution in [0.2, 0.25) is 0 Å². The molecule has 17 heavy (non-hydrogen) atoms. The Kier molecular flexibility index (Phi) is 4.18. The molecular formula is C13H17BrN2O. The summed E-state index contributed by atoms with van der Waals surface area (Å²) in [6.07, 6.45) is 2.82. The van der Waals surface area contributed by atoms with Gasteiger partial charge in [0.1, 0.15) is 0 Å². The second-order valence-corrected chi connectivity index (χ2v) is 5.47. The van der Waals surface area contributed by atoms with Gasteiger partial charge in [-0.05, 0) is 36.5 Å². The molecule has 1 aromatic carbocycles. The summed E-state index contributed by atoms with van der Waals surface area (Å²) in [6, 6.07) is 7.97. The van der Waals surface area contributed by atoms with Gasteiger partial charge in [0, 0.05) is 17.1 Å². The van der Waals surface area contributed by atoms with Crippen LogP contribution in [-0.4, -0.2) is 18.5 Å². The number of hydrogen-bond donors (Lipinski definition) is 2. The minimum atomic E-state index is 0.0645. The summed E-state index contributed by atoms with van der Waals surface area (Å²) < 4.78 is 1.03. The van der Waals surface area contributed by atoms with E-state index in [0.29, 0.717) is 18.9 Å². The zero-order valence-electron chi connectivity index (χ0n) is 9.66. The lowest BCUT2D eigenvalue weighted by molar-refractivity contribution is -0.121. The lowest BCUT2D eigenvalue weighted by Crippen LogP contribution is -2.42. The highest BCUT2D eigenvalue weighted by Crippen LogP contribution is 2.32. The van der Waals surface area contributed by atoms with Gasteiger partial charge in [0.15, 0.2) is 0 Å². The molecule has 0 spiro atoms. The van der Waals surface area contributed by atoms with E-state index in [1.807, 2.05) is 24.3 Å². The molecule has 3 nitrogen and oxygen atoms in total. The second-order valence-electron chi connectivity index (χ2n) is 4.55. The lowest BCUT2D eigenvalue weighted by Gasteiger charge is -2.15. The van der Waals surface area contributed by atoms with Crippen LogP contribution in [0.15, 0.2) is 28.7 Å². The molecular weight excluding hydrogens is 280 g/mol. The van der Waals surface area contributed by atoms with Crippen LogP contribution in [0.1, 0.15) is 18.4 Å². The Hall–Kier alpha value is -0.870. The molecule has 1 saturated carbocycles. The average Bonchev–Trinajstić information content (AvgIpc) is 3.13. The van der Waals surface area contributed by atoms with Crippen LogP contribution in [0.5, 0.6) is 0 Å². The zero-order valence-corrected chi connectivity index (χ0v) is 11.2. The summed E-state index contributed by atoms with van der Waals surface area (Å²) in [5.74, 6) is 0.670. The van der Waals surface area contributed by atoms with Gasteiger partial charge in [0.2, 0.25) is 5.91 Å². The molecule has 1 amide bonds. The van der Waals surface area contributed by atoms with Crippen LogP contribution in [0.4, 0.5) is 0 Å². The van der Waals surface area contributed by atoms with Crippen molar-refractivity contribution in [2.75, 3.05) is 6.54 Å². The quantitative estimate of drug-likeness (QED) is 0.871. The minimum Gasteiger partial charge on any atom is -0.352 e. The van der Waals surface area contributed by atoms with E-state index in [1.54, 1.807) is 0 Å². The number of halogens is 1. The zero-order chi connectivity index (χ0) is 12.3. The Balaban J connectivity index is 1.85. The van der Waals surface area contributed by atoms with Crippen molar-refractivity contribution in [3.05, 3.63) is 34.3 Å². The van der Waals surface area contributed by atoms with Crippen LogP contribution in [0.25, 0.3) is 0 Å². The third kappa shape index (κ3) is 3.82. The SMILES string of the molecule is NCC(NC(=O)Cc1ccc(Br)cc1)C1CC1. The van der Waals surface area contributed by atoms with Crippen LogP contribution in [0.3, 0.4) is 0 Å². The fraction of sp³-hybridized carbons (Fsp3) is 0.462. The predicted molar refractivity (Wildman–Crippen MR) is 71.6 cm³/mol. The molecule has 0 heterocycles. The number of carbonyl (C=O) groups is 1. The smallest absolute Gasteiger partial charge is 0.224 e. The molecule has 0 aromatic heterocycles. The van der Waals surface area contributed by atoms with E-state index >= 15 is 0 Å². The molecule has 1 unspecified atom stereocenters. The number of nitrogens with one attached hydrogen (secondary N) is 1. The van der Waals surface area contributed by atoms with E-state index in [9.17, 15) is 4.79 Å². The second kappa shape index (κ2) is 5.65. The van der Waals surface area contributed by atoms with Crippen molar-refractivity contribution in [2.24, 2.45) is 11.7 Å².